The van der Waals surface area contributed by atoms with Crippen LogP contribution in [0.5, 0.6) is 11.5 Å². The minimum Gasteiger partial charge on any atom is -0.872 e. The summed E-state index contributed by atoms with van der Waals surface area (Å²) in [7, 11) is 0. The van der Waals surface area contributed by atoms with Crippen LogP contribution in [0.25, 0.3) is 22.3 Å². The Hall–Kier alpha value is -3.22. The summed E-state index contributed by atoms with van der Waals surface area (Å²) in [6.45, 7) is 0. The van der Waals surface area contributed by atoms with Gasteiger partial charge in [-0.15, -0.1) is 0 Å². The number of benzene rings is 1. The third-order valence-electron chi connectivity index (χ3n) is 2.91. The van der Waals surface area contributed by atoms with Gasteiger partial charge in [-0.2, -0.15) is 0 Å². The lowest BCUT2D eigenvalue weighted by atomic mass is 10.1. The van der Waals surface area contributed by atoms with E-state index in [1.807, 2.05) is 0 Å². The molecule has 0 aliphatic heterocycles. The Balaban J connectivity index is 2.27. The van der Waals surface area contributed by atoms with Crippen molar-refractivity contribution < 1.29 is 28.9 Å². The van der Waals surface area contributed by atoms with Crippen molar-refractivity contribution in [2.75, 3.05) is 0 Å². The Labute approximate surface area is 116 Å². The van der Waals surface area contributed by atoms with E-state index in [0.717, 1.165) is 18.4 Å². The highest BCUT2D eigenvalue weighted by Gasteiger charge is 2.16. The van der Waals surface area contributed by atoms with Crippen LogP contribution >= 0.6 is 0 Å². The van der Waals surface area contributed by atoms with Crippen molar-refractivity contribution in [1.29, 1.82) is 0 Å². The molecule has 0 spiro atoms. The zero-order valence-electron chi connectivity index (χ0n) is 10.3. The first-order valence-electron chi connectivity index (χ1n) is 5.76. The maximum atomic E-state index is 12.3. The normalized spacial score (nSPS) is 10.9. The third kappa shape index (κ3) is 2.00. The molecular formula is C14H7O7-. The van der Waals surface area contributed by atoms with Gasteiger partial charge in [-0.1, -0.05) is 5.75 Å². The first kappa shape index (κ1) is 12.8. The fraction of sp³-hybridized carbons (Fsp3) is 0. The van der Waals surface area contributed by atoms with Crippen LogP contribution in [0.3, 0.4) is 0 Å². The number of phenols is 1. The molecule has 7 heteroatoms. The van der Waals surface area contributed by atoms with E-state index >= 15 is 0 Å². The minimum atomic E-state index is -1.28. The predicted molar refractivity (Wildman–Crippen MR) is 68.3 cm³/mol. The van der Waals surface area contributed by atoms with Crippen LogP contribution in [0.2, 0.25) is 0 Å². The van der Waals surface area contributed by atoms with Crippen molar-refractivity contribution in [1.82, 2.24) is 0 Å². The number of aromatic hydroxyl groups is 1. The molecule has 0 saturated heterocycles. The van der Waals surface area contributed by atoms with Crippen LogP contribution in [0.15, 0.2) is 44.2 Å². The van der Waals surface area contributed by atoms with Gasteiger partial charge in [-0.05, 0) is 18.2 Å². The molecule has 21 heavy (non-hydrogen) atoms. The zero-order chi connectivity index (χ0) is 15.1. The van der Waals surface area contributed by atoms with Crippen molar-refractivity contribution in [3.63, 3.8) is 0 Å². The second-order valence-electron chi connectivity index (χ2n) is 4.26. The van der Waals surface area contributed by atoms with Crippen LogP contribution in [0, 0.1) is 0 Å². The molecule has 3 rings (SSSR count). The quantitative estimate of drug-likeness (QED) is 0.732. The summed E-state index contributed by atoms with van der Waals surface area (Å²) in [4.78, 5) is 23.1. The van der Waals surface area contributed by atoms with Crippen molar-refractivity contribution in [2.45, 2.75) is 0 Å². The van der Waals surface area contributed by atoms with Gasteiger partial charge in [0.15, 0.2) is 0 Å². The van der Waals surface area contributed by atoms with E-state index in [-0.39, 0.29) is 33.8 Å². The van der Waals surface area contributed by atoms with Crippen molar-refractivity contribution in [3.05, 3.63) is 46.5 Å². The van der Waals surface area contributed by atoms with Gasteiger partial charge in [-0.25, -0.2) is 4.79 Å². The molecule has 0 bridgehead atoms. The van der Waals surface area contributed by atoms with Crippen LogP contribution in [0.4, 0.5) is 0 Å². The van der Waals surface area contributed by atoms with Gasteiger partial charge in [0.2, 0.25) is 11.2 Å². The minimum absolute atomic E-state index is 0.0180. The molecule has 2 aromatic heterocycles. The average molecular weight is 287 g/mol. The van der Waals surface area contributed by atoms with Crippen molar-refractivity contribution in [3.8, 4) is 22.8 Å². The number of hydrogen-bond acceptors (Lipinski definition) is 6. The summed E-state index contributed by atoms with van der Waals surface area (Å²) < 4.78 is 10.2. The molecule has 106 valence electrons. The standard InChI is InChI=1S/C14H8O7/c15-6-3-8(16)12-11(4-6)20-5-7(13(12)17)9-1-2-10(21-9)14(18)19/h1-5,15-16H,(H,18,19)/p-1. The topological polar surface area (TPSA) is 124 Å². The first-order chi connectivity index (χ1) is 9.97. The van der Waals surface area contributed by atoms with Crippen molar-refractivity contribution >= 4 is 16.9 Å². The molecule has 7 nitrogen and oxygen atoms in total. The number of furan rings is 1. The number of phenolic OH excluding ortho intramolecular Hbond substituents is 1. The van der Waals surface area contributed by atoms with Gasteiger partial charge in [0.1, 0.15) is 28.9 Å². The Morgan fingerprint density at radius 3 is 2.67 bits per heavy atom. The Kier molecular flexibility index (Phi) is 2.69. The fourth-order valence-corrected chi connectivity index (χ4v) is 1.97. The molecule has 0 fully saturated rings. The lowest BCUT2D eigenvalue weighted by molar-refractivity contribution is -0.266. The molecule has 0 unspecified atom stereocenters. The molecule has 2 N–H and O–H groups in total. The Morgan fingerprint density at radius 2 is 2.00 bits per heavy atom. The van der Waals surface area contributed by atoms with Gasteiger partial charge in [0.25, 0.3) is 0 Å². The maximum Gasteiger partial charge on any atom is 0.371 e. The first-order valence-corrected chi connectivity index (χ1v) is 5.76. The van der Waals surface area contributed by atoms with Gasteiger partial charge in [0, 0.05) is 6.07 Å². The van der Waals surface area contributed by atoms with E-state index in [2.05, 4.69) is 0 Å². The molecule has 0 saturated carbocycles. The number of carboxylic acid groups (broad SMARTS) is 1. The number of fused-ring (bicyclic) bond motifs is 1. The number of hydrogen-bond donors (Lipinski definition) is 2. The molecular weight excluding hydrogens is 280 g/mol. The Morgan fingerprint density at radius 1 is 1.24 bits per heavy atom. The van der Waals surface area contributed by atoms with Gasteiger partial charge in [0.05, 0.1) is 5.39 Å². The van der Waals surface area contributed by atoms with E-state index in [4.69, 9.17) is 13.9 Å². The van der Waals surface area contributed by atoms with Gasteiger partial charge >= 0.3 is 5.97 Å². The number of aromatic carboxylic acids is 1. The smallest absolute Gasteiger partial charge is 0.371 e. The number of carboxylic acids is 1. The second-order valence-corrected chi connectivity index (χ2v) is 4.26. The Bertz CT molecular complexity index is 917. The van der Waals surface area contributed by atoms with Crippen LogP contribution < -0.4 is 10.5 Å². The third-order valence-corrected chi connectivity index (χ3v) is 2.91. The van der Waals surface area contributed by atoms with Crippen LogP contribution in [0.1, 0.15) is 10.6 Å². The SMILES string of the molecule is O=C(O)c1ccc(-c2coc3cc(O)cc([O-])c3c2=O)o1. The molecule has 0 amide bonds. The highest BCUT2D eigenvalue weighted by molar-refractivity contribution is 5.88. The van der Waals surface area contributed by atoms with Crippen LogP contribution in [-0.4, -0.2) is 16.2 Å². The summed E-state index contributed by atoms with van der Waals surface area (Å²) in [5.74, 6) is -2.63. The van der Waals surface area contributed by atoms with Gasteiger partial charge in [-0.3, -0.25) is 4.79 Å². The summed E-state index contributed by atoms with van der Waals surface area (Å²) in [6.07, 6.45) is 1.05. The molecule has 1 aromatic carbocycles. The largest absolute Gasteiger partial charge is 0.872 e. The molecule has 0 aliphatic rings. The lowest BCUT2D eigenvalue weighted by Gasteiger charge is -2.10. The average Bonchev–Trinajstić information content (AvgIpc) is 2.87. The maximum absolute atomic E-state index is 12.3. The van der Waals surface area contributed by atoms with E-state index < -0.39 is 17.1 Å². The van der Waals surface area contributed by atoms with E-state index in [1.54, 1.807) is 0 Å². The number of carbonyl (C=O) groups is 1. The monoisotopic (exact) mass is 287 g/mol. The second kappa shape index (κ2) is 4.41. The van der Waals surface area contributed by atoms with Gasteiger partial charge < -0.3 is 24.2 Å². The summed E-state index contributed by atoms with van der Waals surface area (Å²) in [5.41, 5.74) is -0.788. The predicted octanol–water partition coefficient (Wildman–Crippen LogP) is 1.53. The zero-order valence-corrected chi connectivity index (χ0v) is 10.3. The van der Waals surface area contributed by atoms with E-state index in [9.17, 15) is 19.8 Å². The summed E-state index contributed by atoms with van der Waals surface area (Å²) in [5, 5.41) is 29.6. The van der Waals surface area contributed by atoms with Crippen molar-refractivity contribution in [2.24, 2.45) is 0 Å². The highest BCUT2D eigenvalue weighted by Crippen LogP contribution is 2.28. The van der Waals surface area contributed by atoms with E-state index in [1.165, 1.54) is 12.1 Å². The number of rotatable bonds is 2. The molecule has 0 atom stereocenters. The van der Waals surface area contributed by atoms with Crippen LogP contribution in [-0.2, 0) is 0 Å². The lowest BCUT2D eigenvalue weighted by Crippen LogP contribution is -2.07. The van der Waals surface area contributed by atoms with E-state index in [0.29, 0.717) is 0 Å². The molecule has 0 aliphatic carbocycles. The molecule has 0 radical (unpaired) electrons. The summed E-state index contributed by atoms with van der Waals surface area (Å²) in [6, 6.07) is 4.53. The molecule has 2 heterocycles. The molecule has 3 aromatic rings. The summed E-state index contributed by atoms with van der Waals surface area (Å²) >= 11 is 0. The fourth-order valence-electron chi connectivity index (χ4n) is 1.97. The highest BCUT2D eigenvalue weighted by atomic mass is 16.4.